The Morgan fingerprint density at radius 1 is 1.17 bits per heavy atom. The third-order valence-electron chi connectivity index (χ3n) is 2.56. The van der Waals surface area contributed by atoms with Gasteiger partial charge >= 0.3 is 0 Å². The summed E-state index contributed by atoms with van der Waals surface area (Å²) in [5.74, 6) is 0.793. The Balaban J connectivity index is 3.69. The second kappa shape index (κ2) is 7.39. The van der Waals surface area contributed by atoms with Crippen LogP contribution >= 0.6 is 0 Å². The van der Waals surface area contributed by atoms with Crippen molar-refractivity contribution in [3.63, 3.8) is 0 Å². The van der Waals surface area contributed by atoms with Crippen molar-refractivity contribution in [1.82, 2.24) is 0 Å². The Hall–Kier alpha value is -0.260. The summed E-state index contributed by atoms with van der Waals surface area (Å²) < 4.78 is 0. The molecule has 0 rings (SSSR count). The highest BCUT2D eigenvalue weighted by molar-refractivity contribution is 4.99. The van der Waals surface area contributed by atoms with Crippen molar-refractivity contribution in [2.24, 2.45) is 5.92 Å². The van der Waals surface area contributed by atoms with Gasteiger partial charge in [0.2, 0.25) is 0 Å². The van der Waals surface area contributed by atoms with Crippen LogP contribution in [0.3, 0.4) is 0 Å². The molecule has 0 nitrogen and oxygen atoms in total. The Bertz CT molecular complexity index is 113. The molecule has 0 fully saturated rings. The molecule has 0 radical (unpaired) electrons. The highest BCUT2D eigenvalue weighted by Crippen LogP contribution is 2.23. The number of unbranched alkanes of at least 4 members (excludes halogenated alkanes) is 1. The lowest BCUT2D eigenvalue weighted by Gasteiger charge is -2.16. The van der Waals surface area contributed by atoms with E-state index in [-0.39, 0.29) is 0 Å². The van der Waals surface area contributed by atoms with Crippen LogP contribution in [0.25, 0.3) is 0 Å². The minimum absolute atomic E-state index is 0.793. The van der Waals surface area contributed by atoms with Gasteiger partial charge in [0.1, 0.15) is 0 Å². The molecule has 0 heterocycles. The predicted molar refractivity (Wildman–Crippen MR) is 57.4 cm³/mol. The average molecular weight is 168 g/mol. The molecule has 1 atom stereocenters. The molecule has 0 aliphatic carbocycles. The highest BCUT2D eigenvalue weighted by Gasteiger charge is 2.07. The first-order valence-electron chi connectivity index (χ1n) is 5.43. The third-order valence-corrected chi connectivity index (χ3v) is 2.56. The van der Waals surface area contributed by atoms with Gasteiger partial charge in [0.25, 0.3) is 0 Å². The van der Waals surface area contributed by atoms with Crippen molar-refractivity contribution in [3.8, 4) is 0 Å². The summed E-state index contributed by atoms with van der Waals surface area (Å²) in [4.78, 5) is 0. The van der Waals surface area contributed by atoms with E-state index in [2.05, 4.69) is 27.4 Å². The first-order valence-corrected chi connectivity index (χ1v) is 5.43. The molecule has 1 unspecified atom stereocenters. The van der Waals surface area contributed by atoms with Crippen molar-refractivity contribution < 1.29 is 0 Å². The highest BCUT2D eigenvalue weighted by atomic mass is 14.1. The van der Waals surface area contributed by atoms with E-state index < -0.39 is 0 Å². The fourth-order valence-electron chi connectivity index (χ4n) is 1.65. The number of hydrogen-bond donors (Lipinski definition) is 0. The van der Waals surface area contributed by atoms with E-state index in [0.717, 1.165) is 5.92 Å². The first kappa shape index (κ1) is 11.7. The lowest BCUT2D eigenvalue weighted by atomic mass is 9.90. The predicted octanol–water partition coefficient (Wildman–Crippen LogP) is 4.56. The zero-order chi connectivity index (χ0) is 9.40. The van der Waals surface area contributed by atoms with Gasteiger partial charge in [0.15, 0.2) is 0 Å². The summed E-state index contributed by atoms with van der Waals surface area (Å²) in [6.45, 7) is 11.0. The molecule has 0 aromatic heterocycles. The van der Waals surface area contributed by atoms with Crippen molar-refractivity contribution >= 4 is 0 Å². The van der Waals surface area contributed by atoms with Gasteiger partial charge < -0.3 is 0 Å². The van der Waals surface area contributed by atoms with E-state index in [1.165, 1.54) is 44.1 Å². The van der Waals surface area contributed by atoms with Gasteiger partial charge in [-0.05, 0) is 31.6 Å². The Kier molecular flexibility index (Phi) is 7.23. The second-order valence-electron chi connectivity index (χ2n) is 3.66. The van der Waals surface area contributed by atoms with Crippen LogP contribution in [0.1, 0.15) is 59.3 Å². The number of hydrogen-bond acceptors (Lipinski definition) is 0. The van der Waals surface area contributed by atoms with Gasteiger partial charge in [0.05, 0.1) is 0 Å². The van der Waals surface area contributed by atoms with Crippen LogP contribution in [-0.2, 0) is 0 Å². The summed E-state index contributed by atoms with van der Waals surface area (Å²) in [7, 11) is 0. The summed E-state index contributed by atoms with van der Waals surface area (Å²) in [5.41, 5.74) is 1.49. The summed E-state index contributed by atoms with van der Waals surface area (Å²) in [6.07, 6.45) is 7.76. The normalized spacial score (nSPS) is 12.9. The lowest BCUT2D eigenvalue weighted by molar-refractivity contribution is 0.512. The van der Waals surface area contributed by atoms with Crippen LogP contribution < -0.4 is 0 Å². The smallest absolute Gasteiger partial charge is 0.0209 e. The van der Waals surface area contributed by atoms with Crippen LogP contribution in [0.4, 0.5) is 0 Å². The third kappa shape index (κ3) is 4.58. The van der Waals surface area contributed by atoms with Gasteiger partial charge in [-0.2, -0.15) is 0 Å². The molecule has 0 N–H and O–H groups in total. The average Bonchev–Trinajstić information content (AvgIpc) is 2.10. The Labute approximate surface area is 78.1 Å². The lowest BCUT2D eigenvalue weighted by Crippen LogP contribution is -2.01. The van der Waals surface area contributed by atoms with Gasteiger partial charge in [-0.3, -0.25) is 0 Å². The Morgan fingerprint density at radius 2 is 1.83 bits per heavy atom. The minimum atomic E-state index is 0.793. The SMILES string of the molecule is C=C(CCCC)C(CC)CCC. The van der Waals surface area contributed by atoms with Crippen LogP contribution in [0.15, 0.2) is 12.2 Å². The van der Waals surface area contributed by atoms with E-state index in [0.29, 0.717) is 0 Å². The molecule has 0 saturated heterocycles. The van der Waals surface area contributed by atoms with E-state index in [4.69, 9.17) is 0 Å². The molecular weight excluding hydrogens is 144 g/mol. The molecule has 0 aromatic rings. The summed E-state index contributed by atoms with van der Waals surface area (Å²) in [6, 6.07) is 0. The molecule has 0 amide bonds. The summed E-state index contributed by atoms with van der Waals surface area (Å²) in [5, 5.41) is 0. The van der Waals surface area contributed by atoms with Crippen LogP contribution in [0.5, 0.6) is 0 Å². The molecule has 0 spiro atoms. The van der Waals surface area contributed by atoms with Crippen LogP contribution in [-0.4, -0.2) is 0 Å². The van der Waals surface area contributed by atoms with Crippen molar-refractivity contribution in [2.75, 3.05) is 0 Å². The second-order valence-corrected chi connectivity index (χ2v) is 3.66. The summed E-state index contributed by atoms with van der Waals surface area (Å²) >= 11 is 0. The molecule has 72 valence electrons. The molecule has 0 bridgehead atoms. The van der Waals surface area contributed by atoms with E-state index >= 15 is 0 Å². The zero-order valence-electron chi connectivity index (χ0n) is 9.03. The maximum Gasteiger partial charge on any atom is -0.0209 e. The first-order chi connectivity index (χ1) is 5.76. The number of rotatable bonds is 7. The monoisotopic (exact) mass is 168 g/mol. The van der Waals surface area contributed by atoms with Crippen LogP contribution in [0.2, 0.25) is 0 Å². The molecule has 12 heavy (non-hydrogen) atoms. The molecular formula is C12H24. The van der Waals surface area contributed by atoms with Gasteiger partial charge in [-0.1, -0.05) is 45.8 Å². The standard InChI is InChI=1S/C12H24/c1-5-8-10-11(4)12(7-3)9-6-2/h12H,4-10H2,1-3H3. The van der Waals surface area contributed by atoms with Gasteiger partial charge in [0, 0.05) is 0 Å². The van der Waals surface area contributed by atoms with Crippen molar-refractivity contribution in [1.29, 1.82) is 0 Å². The topological polar surface area (TPSA) is 0 Å². The molecule has 0 aliphatic rings. The maximum absolute atomic E-state index is 4.18. The molecule has 0 aliphatic heterocycles. The minimum Gasteiger partial charge on any atom is -0.0996 e. The van der Waals surface area contributed by atoms with E-state index in [9.17, 15) is 0 Å². The molecule has 0 saturated carbocycles. The Morgan fingerprint density at radius 3 is 2.25 bits per heavy atom. The van der Waals surface area contributed by atoms with Gasteiger partial charge in [-0.15, -0.1) is 0 Å². The van der Waals surface area contributed by atoms with Gasteiger partial charge in [-0.25, -0.2) is 0 Å². The number of allylic oxidation sites excluding steroid dienone is 1. The zero-order valence-corrected chi connectivity index (χ0v) is 9.03. The maximum atomic E-state index is 4.18. The fourth-order valence-corrected chi connectivity index (χ4v) is 1.65. The van der Waals surface area contributed by atoms with E-state index in [1.54, 1.807) is 0 Å². The largest absolute Gasteiger partial charge is 0.0996 e. The molecule has 0 heteroatoms. The van der Waals surface area contributed by atoms with Crippen molar-refractivity contribution in [3.05, 3.63) is 12.2 Å². The molecule has 0 aromatic carbocycles. The van der Waals surface area contributed by atoms with Crippen molar-refractivity contribution in [2.45, 2.75) is 59.3 Å². The van der Waals surface area contributed by atoms with E-state index in [1.807, 2.05) is 0 Å². The van der Waals surface area contributed by atoms with Crippen LogP contribution in [0, 0.1) is 5.92 Å². The fraction of sp³-hybridized carbons (Fsp3) is 0.833. The quantitative estimate of drug-likeness (QED) is 0.489.